The number of halogens is 2. The van der Waals surface area contributed by atoms with Crippen molar-refractivity contribution in [3.05, 3.63) is 76.1 Å². The van der Waals surface area contributed by atoms with Gasteiger partial charge in [0.1, 0.15) is 17.3 Å². The third-order valence-electron chi connectivity index (χ3n) is 4.87. The highest BCUT2D eigenvalue weighted by atomic mass is 19.1. The zero-order chi connectivity index (χ0) is 22.9. The van der Waals surface area contributed by atoms with Gasteiger partial charge in [-0.15, -0.1) is 0 Å². The van der Waals surface area contributed by atoms with Crippen LogP contribution >= 0.6 is 0 Å². The topological polar surface area (TPSA) is 116 Å². The van der Waals surface area contributed by atoms with E-state index in [4.69, 9.17) is 11.5 Å². The number of nitrogen functional groups attached to an aromatic ring is 1. The van der Waals surface area contributed by atoms with E-state index in [0.29, 0.717) is 16.8 Å². The van der Waals surface area contributed by atoms with Gasteiger partial charge in [-0.25, -0.2) is 13.5 Å². The maximum absolute atomic E-state index is 14.9. The third kappa shape index (κ3) is 4.77. The number of nitrogens with two attached hydrogens (primary N) is 2. The molecule has 1 heterocycles. The number of anilines is 1. The second-order valence-corrected chi connectivity index (χ2v) is 7.51. The van der Waals surface area contributed by atoms with Gasteiger partial charge < -0.3 is 16.8 Å². The minimum atomic E-state index is -0.821. The third-order valence-corrected chi connectivity index (χ3v) is 4.87. The predicted octanol–water partition coefficient (Wildman–Crippen LogP) is 3.83. The monoisotopic (exact) mass is 443 g/mol. The van der Waals surface area contributed by atoms with Crippen LogP contribution in [-0.4, -0.2) is 21.6 Å². The summed E-state index contributed by atoms with van der Waals surface area (Å²) in [5, 5.41) is 6.91. The second kappa shape index (κ2) is 9.59. The number of hydrogen-bond acceptors (Lipinski definition) is 4. The molecule has 3 aromatic rings. The van der Waals surface area contributed by atoms with E-state index in [1.807, 2.05) is 13.8 Å². The van der Waals surface area contributed by atoms with Gasteiger partial charge in [0, 0.05) is 12.1 Å². The minimum Gasteiger partial charge on any atom is -0.395 e. The van der Waals surface area contributed by atoms with Gasteiger partial charge in [-0.3, -0.25) is 9.59 Å². The molecule has 5 N–H and O–H groups in total. The van der Waals surface area contributed by atoms with Crippen molar-refractivity contribution in [1.29, 1.82) is 0 Å². The molecule has 0 aliphatic carbocycles. The Kier molecular flexibility index (Phi) is 7.35. The molecule has 0 aliphatic rings. The van der Waals surface area contributed by atoms with Crippen molar-refractivity contribution in [2.24, 2.45) is 5.73 Å². The quantitative estimate of drug-likeness (QED) is 0.537. The molecule has 0 fully saturated rings. The lowest BCUT2D eigenvalue weighted by atomic mass is 10.1. The Morgan fingerprint density at radius 1 is 1.16 bits per heavy atom. The summed E-state index contributed by atoms with van der Waals surface area (Å²) in [5.74, 6) is -2.58. The number of rotatable bonds is 6. The maximum Gasteiger partial charge on any atom is 0.269 e. The molecule has 0 saturated heterocycles. The van der Waals surface area contributed by atoms with E-state index in [1.165, 1.54) is 24.3 Å². The highest BCUT2D eigenvalue weighted by molar-refractivity contribution is 5.97. The second-order valence-electron chi connectivity index (χ2n) is 7.51. The number of hydrogen-bond donors (Lipinski definition) is 3. The van der Waals surface area contributed by atoms with Crippen molar-refractivity contribution in [2.75, 3.05) is 5.73 Å². The predicted molar refractivity (Wildman–Crippen MR) is 120 cm³/mol. The fourth-order valence-electron chi connectivity index (χ4n) is 3.23. The van der Waals surface area contributed by atoms with Gasteiger partial charge in [-0.1, -0.05) is 33.4 Å². The van der Waals surface area contributed by atoms with Crippen LogP contribution in [0, 0.1) is 18.6 Å². The van der Waals surface area contributed by atoms with E-state index in [-0.39, 0.29) is 42.5 Å². The molecule has 0 aliphatic heterocycles. The summed E-state index contributed by atoms with van der Waals surface area (Å²) in [6.07, 6.45) is 0. The van der Waals surface area contributed by atoms with E-state index in [0.717, 1.165) is 10.7 Å². The molecule has 0 atom stereocenters. The SMILES string of the molecule is C.Cc1ccc(F)cc1C(=O)NCc1ccc(-n2nc(C(C)C)c(N)c2C(N)=O)c(F)c1. The van der Waals surface area contributed by atoms with E-state index in [1.54, 1.807) is 13.0 Å². The molecule has 0 saturated carbocycles. The number of benzene rings is 2. The van der Waals surface area contributed by atoms with Gasteiger partial charge in [0.15, 0.2) is 5.69 Å². The molecule has 170 valence electrons. The summed E-state index contributed by atoms with van der Waals surface area (Å²) in [6.45, 7) is 5.40. The van der Waals surface area contributed by atoms with Gasteiger partial charge in [0.05, 0.1) is 11.4 Å². The largest absolute Gasteiger partial charge is 0.395 e. The Hall–Kier alpha value is -3.75. The Labute approximate surface area is 185 Å². The molecule has 9 heteroatoms. The summed E-state index contributed by atoms with van der Waals surface area (Å²) in [4.78, 5) is 24.2. The Morgan fingerprint density at radius 2 is 1.84 bits per heavy atom. The number of aromatic nitrogens is 2. The first-order valence-electron chi connectivity index (χ1n) is 9.61. The maximum atomic E-state index is 14.9. The van der Waals surface area contributed by atoms with E-state index in [9.17, 15) is 18.4 Å². The van der Waals surface area contributed by atoms with Crippen LogP contribution in [0.25, 0.3) is 5.69 Å². The average molecular weight is 443 g/mol. The van der Waals surface area contributed by atoms with Crippen LogP contribution < -0.4 is 16.8 Å². The van der Waals surface area contributed by atoms with Crippen LogP contribution in [0.1, 0.15) is 64.9 Å². The summed E-state index contributed by atoms with van der Waals surface area (Å²) < 4.78 is 29.4. The van der Waals surface area contributed by atoms with Crippen molar-refractivity contribution in [3.8, 4) is 5.69 Å². The van der Waals surface area contributed by atoms with Gasteiger partial charge in [0.2, 0.25) is 0 Å². The van der Waals surface area contributed by atoms with Gasteiger partial charge in [-0.2, -0.15) is 5.10 Å². The molecule has 0 unspecified atom stereocenters. The molecule has 0 bridgehead atoms. The van der Waals surface area contributed by atoms with E-state index < -0.39 is 23.4 Å². The van der Waals surface area contributed by atoms with Gasteiger partial charge >= 0.3 is 0 Å². The Balaban J connectivity index is 0.00000363. The van der Waals surface area contributed by atoms with Crippen molar-refractivity contribution >= 4 is 17.5 Å². The minimum absolute atomic E-state index is 0. The van der Waals surface area contributed by atoms with Crippen LogP contribution in [0.15, 0.2) is 36.4 Å². The standard InChI is InChI=1S/C22H23F2N5O2.CH4/c1-11(2)19-18(25)20(21(26)30)29(28-19)17-7-5-13(8-16(17)24)10-27-22(31)15-9-14(23)6-4-12(15)3;/h4-9,11H,10,25H2,1-3H3,(H2,26,30)(H,27,31);1H4. The zero-order valence-corrected chi connectivity index (χ0v) is 17.4. The normalized spacial score (nSPS) is 10.7. The number of aryl methyl sites for hydroxylation is 1. The van der Waals surface area contributed by atoms with Gasteiger partial charge in [-0.05, 0) is 48.2 Å². The lowest BCUT2D eigenvalue weighted by Gasteiger charge is -2.11. The van der Waals surface area contributed by atoms with Gasteiger partial charge in [0.25, 0.3) is 11.8 Å². The number of carbonyl (C=O) groups excluding carboxylic acids is 2. The summed E-state index contributed by atoms with van der Waals surface area (Å²) >= 11 is 0. The molecular weight excluding hydrogens is 416 g/mol. The average Bonchev–Trinajstić information content (AvgIpc) is 3.05. The van der Waals surface area contributed by atoms with Crippen LogP contribution in [-0.2, 0) is 6.54 Å². The highest BCUT2D eigenvalue weighted by Gasteiger charge is 2.24. The van der Waals surface area contributed by atoms with Crippen LogP contribution in [0.3, 0.4) is 0 Å². The number of amides is 2. The zero-order valence-electron chi connectivity index (χ0n) is 17.4. The van der Waals surface area contributed by atoms with Crippen LogP contribution in [0.2, 0.25) is 0 Å². The molecular formula is C23H27F2N5O2. The highest BCUT2D eigenvalue weighted by Crippen LogP contribution is 2.27. The molecule has 2 amide bonds. The molecule has 0 spiro atoms. The number of carbonyl (C=O) groups is 2. The Bertz CT molecular complexity index is 1170. The van der Waals surface area contributed by atoms with E-state index in [2.05, 4.69) is 10.4 Å². The van der Waals surface area contributed by atoms with Crippen LogP contribution in [0.4, 0.5) is 14.5 Å². The number of primary amides is 1. The molecule has 3 rings (SSSR count). The van der Waals surface area contributed by atoms with Crippen molar-refractivity contribution < 1.29 is 18.4 Å². The smallest absolute Gasteiger partial charge is 0.269 e. The fraction of sp³-hybridized carbons (Fsp3) is 0.261. The molecule has 32 heavy (non-hydrogen) atoms. The molecule has 0 radical (unpaired) electrons. The first-order valence-corrected chi connectivity index (χ1v) is 9.61. The fourth-order valence-corrected chi connectivity index (χ4v) is 3.23. The number of nitrogens with one attached hydrogen (secondary N) is 1. The first-order chi connectivity index (χ1) is 14.6. The summed E-state index contributed by atoms with van der Waals surface area (Å²) in [7, 11) is 0. The van der Waals surface area contributed by atoms with Crippen molar-refractivity contribution in [2.45, 2.75) is 40.7 Å². The molecule has 2 aromatic carbocycles. The van der Waals surface area contributed by atoms with Crippen molar-refractivity contribution in [3.63, 3.8) is 0 Å². The lowest BCUT2D eigenvalue weighted by Crippen LogP contribution is -2.24. The molecule has 1 aromatic heterocycles. The van der Waals surface area contributed by atoms with Crippen LogP contribution in [0.5, 0.6) is 0 Å². The summed E-state index contributed by atoms with van der Waals surface area (Å²) in [6, 6.07) is 8.14. The summed E-state index contributed by atoms with van der Waals surface area (Å²) in [5.41, 5.74) is 13.2. The molecule has 7 nitrogen and oxygen atoms in total. The first kappa shape index (κ1) is 24.5. The van der Waals surface area contributed by atoms with E-state index >= 15 is 0 Å². The Morgan fingerprint density at radius 3 is 2.44 bits per heavy atom. The number of nitrogens with zero attached hydrogens (tertiary/aromatic N) is 2. The van der Waals surface area contributed by atoms with Crippen molar-refractivity contribution in [1.82, 2.24) is 15.1 Å². The lowest BCUT2D eigenvalue weighted by molar-refractivity contribution is 0.0948.